The molecule has 0 saturated heterocycles. The lowest BCUT2D eigenvalue weighted by Crippen LogP contribution is -2.53. The van der Waals surface area contributed by atoms with Gasteiger partial charge in [-0.15, -0.1) is 0 Å². The molecule has 0 aliphatic carbocycles. The molecule has 3 rings (SSSR count). The number of carbonyl (C=O) groups excluding carboxylic acids is 3. The first-order valence-corrected chi connectivity index (χ1v) is 11.0. The summed E-state index contributed by atoms with van der Waals surface area (Å²) in [6, 6.07) is 10.4. The topological polar surface area (TPSA) is 101 Å². The molecule has 2 aromatic rings. The molecular weight excluding hydrogens is 436 g/mol. The van der Waals surface area contributed by atoms with Gasteiger partial charge in [-0.05, 0) is 52.3 Å². The number of hydrogen-bond donors (Lipinski definition) is 1. The van der Waals surface area contributed by atoms with Gasteiger partial charge >= 0.3 is 11.9 Å². The van der Waals surface area contributed by atoms with Crippen molar-refractivity contribution < 1.29 is 24.2 Å². The number of benzene rings is 1. The van der Waals surface area contributed by atoms with E-state index in [1.165, 1.54) is 5.01 Å². The Morgan fingerprint density at radius 1 is 1.15 bits per heavy atom. The largest absolute Gasteiger partial charge is 0.386 e. The van der Waals surface area contributed by atoms with Gasteiger partial charge in [0.05, 0.1) is 28.9 Å². The van der Waals surface area contributed by atoms with Crippen LogP contribution in [-0.4, -0.2) is 46.4 Å². The van der Waals surface area contributed by atoms with Crippen molar-refractivity contribution in [2.45, 2.75) is 40.7 Å². The molecule has 1 atom stereocenters. The van der Waals surface area contributed by atoms with Gasteiger partial charge in [0.15, 0.2) is 0 Å². The number of aromatic nitrogens is 1. The maximum atomic E-state index is 13.5. The lowest BCUT2D eigenvalue weighted by Gasteiger charge is -2.42. The number of hydrazine groups is 1. The minimum atomic E-state index is -0.938. The molecule has 1 unspecified atom stereocenters. The summed E-state index contributed by atoms with van der Waals surface area (Å²) in [5.41, 5.74) is 1.45. The molecule has 0 fully saturated rings. The molecule has 1 aromatic heterocycles. The van der Waals surface area contributed by atoms with Crippen molar-refractivity contribution >= 4 is 23.5 Å². The van der Waals surface area contributed by atoms with Gasteiger partial charge in [-0.3, -0.25) is 14.8 Å². The number of likely N-dealkylation sites (N-methyl/N-ethyl adjacent to an activating group) is 2. The van der Waals surface area contributed by atoms with E-state index in [1.54, 1.807) is 57.4 Å². The Kier molecular flexibility index (Phi) is 7.36. The Balaban J connectivity index is 2.14. The van der Waals surface area contributed by atoms with Gasteiger partial charge < -0.3 is 5.32 Å². The molecule has 2 heterocycles. The zero-order chi connectivity index (χ0) is 25.0. The molecule has 1 amide bonds. The van der Waals surface area contributed by atoms with Crippen LogP contribution in [0.25, 0.3) is 0 Å². The summed E-state index contributed by atoms with van der Waals surface area (Å²) in [4.78, 5) is 53.0. The van der Waals surface area contributed by atoms with E-state index in [9.17, 15) is 14.4 Å². The minimum Gasteiger partial charge on any atom is -0.349 e. The zero-order valence-corrected chi connectivity index (χ0v) is 20.3. The summed E-state index contributed by atoms with van der Waals surface area (Å²) >= 11 is 0. The van der Waals surface area contributed by atoms with Crippen LogP contribution in [0.15, 0.2) is 60.1 Å². The number of aryl methyl sites for hydroxylation is 1. The molecule has 9 nitrogen and oxygen atoms in total. The van der Waals surface area contributed by atoms with Crippen molar-refractivity contribution in [3.8, 4) is 0 Å². The third-order valence-electron chi connectivity index (χ3n) is 5.36. The number of nitrogens with zero attached hydrogens (tertiary/aromatic N) is 3. The van der Waals surface area contributed by atoms with Crippen molar-refractivity contribution in [2.24, 2.45) is 5.41 Å². The maximum absolute atomic E-state index is 13.5. The highest BCUT2D eigenvalue weighted by atomic mass is 17.2. The second-order valence-corrected chi connectivity index (χ2v) is 9.06. The lowest BCUT2D eigenvalue weighted by molar-refractivity contribution is -0.262. The summed E-state index contributed by atoms with van der Waals surface area (Å²) < 4.78 is 0. The first kappa shape index (κ1) is 24.9. The normalized spacial score (nSPS) is 16.9. The van der Waals surface area contributed by atoms with Crippen LogP contribution in [-0.2, 0) is 24.2 Å². The molecule has 1 N–H and O–H groups in total. The molecular formula is C25H30N4O5. The van der Waals surface area contributed by atoms with Gasteiger partial charge in [-0.2, -0.15) is 0 Å². The van der Waals surface area contributed by atoms with Crippen molar-refractivity contribution in [3.63, 3.8) is 0 Å². The molecule has 0 bridgehead atoms. The van der Waals surface area contributed by atoms with E-state index < -0.39 is 29.3 Å². The fraction of sp³-hybridized carbons (Fsp3) is 0.360. The summed E-state index contributed by atoms with van der Waals surface area (Å²) in [6.45, 7) is 9.09. The Morgan fingerprint density at radius 2 is 1.88 bits per heavy atom. The van der Waals surface area contributed by atoms with Crippen LogP contribution < -0.4 is 5.32 Å². The van der Waals surface area contributed by atoms with Gasteiger partial charge in [0.25, 0.3) is 5.91 Å². The molecule has 34 heavy (non-hydrogen) atoms. The molecule has 1 aliphatic rings. The standard InChI is InChI=1S/C25H30N4O5/c1-7-29-22(30)20(27-18-12-9-13-26-15-18)19(23(31)33-34-24(32)25(3,4)5)21(28(29)6)17-11-8-10-16(2)14-17/h8-15,21,27H,7H2,1-6H3. The van der Waals surface area contributed by atoms with Crippen molar-refractivity contribution in [2.75, 3.05) is 18.9 Å². The SMILES string of the molecule is CCN1C(=O)C(Nc2cccnc2)=C(C(=O)OOC(=O)C(C)(C)C)C(c2cccc(C)c2)N1C. The van der Waals surface area contributed by atoms with E-state index in [0.29, 0.717) is 12.2 Å². The Morgan fingerprint density at radius 3 is 2.47 bits per heavy atom. The van der Waals surface area contributed by atoms with Gasteiger partial charge in [-0.25, -0.2) is 24.4 Å². The van der Waals surface area contributed by atoms with Crippen LogP contribution in [0.2, 0.25) is 0 Å². The number of amides is 1. The number of rotatable bonds is 5. The monoisotopic (exact) mass is 466 g/mol. The van der Waals surface area contributed by atoms with Crippen molar-refractivity contribution in [3.05, 3.63) is 71.2 Å². The fourth-order valence-electron chi connectivity index (χ4n) is 3.60. The fourth-order valence-corrected chi connectivity index (χ4v) is 3.60. The van der Waals surface area contributed by atoms with Crippen molar-refractivity contribution in [1.82, 2.24) is 15.0 Å². The van der Waals surface area contributed by atoms with Gasteiger partial charge in [0, 0.05) is 19.8 Å². The van der Waals surface area contributed by atoms with E-state index in [2.05, 4.69) is 10.3 Å². The number of pyridine rings is 1. The van der Waals surface area contributed by atoms with Crippen molar-refractivity contribution in [1.29, 1.82) is 0 Å². The van der Waals surface area contributed by atoms with Gasteiger partial charge in [0.2, 0.25) is 0 Å². The second-order valence-electron chi connectivity index (χ2n) is 9.06. The number of anilines is 1. The van der Waals surface area contributed by atoms with Crippen LogP contribution >= 0.6 is 0 Å². The predicted octanol–water partition coefficient (Wildman–Crippen LogP) is 3.55. The molecule has 1 aliphatic heterocycles. The van der Waals surface area contributed by atoms with Crippen LogP contribution in [0.3, 0.4) is 0 Å². The van der Waals surface area contributed by atoms with Gasteiger partial charge in [0.1, 0.15) is 5.70 Å². The molecule has 0 saturated carbocycles. The van der Waals surface area contributed by atoms with Crippen LogP contribution in [0.4, 0.5) is 5.69 Å². The Labute approximate surface area is 199 Å². The number of carbonyl (C=O) groups is 3. The maximum Gasteiger partial charge on any atom is 0.386 e. The first-order valence-electron chi connectivity index (χ1n) is 11.0. The molecule has 9 heteroatoms. The smallest absolute Gasteiger partial charge is 0.349 e. The Bertz CT molecular complexity index is 1110. The van der Waals surface area contributed by atoms with Crippen LogP contribution in [0.5, 0.6) is 0 Å². The number of nitrogens with one attached hydrogen (secondary N) is 1. The third-order valence-corrected chi connectivity index (χ3v) is 5.36. The third kappa shape index (κ3) is 5.26. The lowest BCUT2D eigenvalue weighted by atomic mass is 9.93. The highest BCUT2D eigenvalue weighted by Gasteiger charge is 2.43. The molecule has 0 radical (unpaired) electrons. The molecule has 180 valence electrons. The summed E-state index contributed by atoms with van der Waals surface area (Å²) in [6.07, 6.45) is 3.14. The first-order chi connectivity index (χ1) is 16.0. The molecule has 0 spiro atoms. The van der Waals surface area contributed by atoms with Gasteiger partial charge in [-0.1, -0.05) is 29.8 Å². The van der Waals surface area contributed by atoms with E-state index >= 15 is 0 Å². The molecule has 1 aromatic carbocycles. The summed E-state index contributed by atoms with van der Waals surface area (Å²) in [5, 5.41) is 6.26. The Hall–Kier alpha value is -3.72. The van der Waals surface area contributed by atoms with Crippen LogP contribution in [0.1, 0.15) is 44.9 Å². The van der Waals surface area contributed by atoms with E-state index in [4.69, 9.17) is 9.78 Å². The highest BCUT2D eigenvalue weighted by Crippen LogP contribution is 2.37. The van der Waals surface area contributed by atoms with E-state index in [0.717, 1.165) is 11.1 Å². The summed E-state index contributed by atoms with van der Waals surface area (Å²) in [5.74, 6) is -2.07. The minimum absolute atomic E-state index is 0.0216. The predicted molar refractivity (Wildman–Crippen MR) is 126 cm³/mol. The van der Waals surface area contributed by atoms with E-state index in [1.807, 2.05) is 38.1 Å². The average Bonchev–Trinajstić information content (AvgIpc) is 2.79. The van der Waals surface area contributed by atoms with Crippen LogP contribution in [0, 0.1) is 12.3 Å². The second kappa shape index (κ2) is 10.0. The summed E-state index contributed by atoms with van der Waals surface area (Å²) in [7, 11) is 1.73. The number of hydrogen-bond acceptors (Lipinski definition) is 8. The highest BCUT2D eigenvalue weighted by molar-refractivity contribution is 6.06. The average molecular weight is 467 g/mol. The zero-order valence-electron chi connectivity index (χ0n) is 20.3. The quantitative estimate of drug-likeness (QED) is 0.527. The van der Waals surface area contributed by atoms with E-state index in [-0.39, 0.29) is 11.3 Å².